The molecule has 0 unspecified atom stereocenters. The standard InChI is InChI=1S/C17H19NO4S/c19-16-14-9-4-5-10-15(14)17(20)18(16)11-6-12-23(21,22)13-7-2-1-3-8-13/h1-5,7-8,14-15H,6,9-12H2/t14-,15-/m1/s1. The number of fused-ring (bicyclic) bond motifs is 1. The maximum absolute atomic E-state index is 12.3. The predicted molar refractivity (Wildman–Crippen MR) is 85.2 cm³/mol. The molecule has 0 N–H and O–H groups in total. The Kier molecular flexibility index (Phi) is 4.35. The Morgan fingerprint density at radius 2 is 1.52 bits per heavy atom. The number of likely N-dealkylation sites (tertiary alicyclic amines) is 1. The van der Waals surface area contributed by atoms with Crippen molar-refractivity contribution in [2.24, 2.45) is 11.8 Å². The van der Waals surface area contributed by atoms with Gasteiger partial charge >= 0.3 is 0 Å². The fraction of sp³-hybridized carbons (Fsp3) is 0.412. The molecule has 3 rings (SSSR count). The average molecular weight is 333 g/mol. The molecule has 1 fully saturated rings. The second-order valence-electron chi connectivity index (χ2n) is 5.97. The van der Waals surface area contributed by atoms with Crippen molar-refractivity contribution >= 4 is 21.7 Å². The lowest BCUT2D eigenvalue weighted by Crippen LogP contribution is -2.33. The van der Waals surface area contributed by atoms with E-state index < -0.39 is 9.84 Å². The van der Waals surface area contributed by atoms with Crippen molar-refractivity contribution in [2.45, 2.75) is 24.2 Å². The molecule has 2 atom stereocenters. The van der Waals surface area contributed by atoms with Gasteiger partial charge in [0.15, 0.2) is 9.84 Å². The second-order valence-corrected chi connectivity index (χ2v) is 8.08. The van der Waals surface area contributed by atoms with Gasteiger partial charge in [-0.1, -0.05) is 30.4 Å². The number of hydrogen-bond donors (Lipinski definition) is 0. The summed E-state index contributed by atoms with van der Waals surface area (Å²) in [6.45, 7) is 0.177. The van der Waals surface area contributed by atoms with E-state index in [2.05, 4.69) is 0 Å². The van der Waals surface area contributed by atoms with Gasteiger partial charge in [0.1, 0.15) is 0 Å². The molecular formula is C17H19NO4S. The van der Waals surface area contributed by atoms with Crippen LogP contribution in [0.3, 0.4) is 0 Å². The Morgan fingerprint density at radius 3 is 2.09 bits per heavy atom. The predicted octanol–water partition coefficient (Wildman–Crippen LogP) is 1.80. The van der Waals surface area contributed by atoms with Gasteiger partial charge in [-0.15, -0.1) is 0 Å². The molecule has 0 aromatic heterocycles. The van der Waals surface area contributed by atoms with Gasteiger partial charge in [0.2, 0.25) is 11.8 Å². The molecule has 6 heteroatoms. The third-order valence-corrected chi connectivity index (χ3v) is 6.31. The van der Waals surface area contributed by atoms with Gasteiger partial charge in [-0.2, -0.15) is 0 Å². The number of benzene rings is 1. The zero-order valence-corrected chi connectivity index (χ0v) is 13.5. The van der Waals surface area contributed by atoms with E-state index in [1.807, 2.05) is 12.2 Å². The highest BCUT2D eigenvalue weighted by Crippen LogP contribution is 2.35. The van der Waals surface area contributed by atoms with Crippen molar-refractivity contribution in [3.05, 3.63) is 42.5 Å². The number of carbonyl (C=O) groups excluding carboxylic acids is 2. The van der Waals surface area contributed by atoms with Crippen LogP contribution in [0.15, 0.2) is 47.4 Å². The number of sulfone groups is 1. The van der Waals surface area contributed by atoms with Crippen molar-refractivity contribution in [1.82, 2.24) is 4.90 Å². The van der Waals surface area contributed by atoms with Crippen molar-refractivity contribution < 1.29 is 18.0 Å². The third kappa shape index (κ3) is 3.08. The molecule has 2 amide bonds. The van der Waals surface area contributed by atoms with Crippen LogP contribution in [0.25, 0.3) is 0 Å². The number of hydrogen-bond acceptors (Lipinski definition) is 4. The summed E-state index contributed by atoms with van der Waals surface area (Å²) in [5.74, 6) is -0.874. The molecule has 1 heterocycles. The van der Waals surface area contributed by atoms with Gasteiger partial charge in [-0.05, 0) is 31.4 Å². The SMILES string of the molecule is O=C1[C@@H]2CC=CC[C@H]2C(=O)N1CCCS(=O)(=O)c1ccccc1. The van der Waals surface area contributed by atoms with Crippen LogP contribution in [0, 0.1) is 11.8 Å². The van der Waals surface area contributed by atoms with Crippen molar-refractivity contribution in [3.63, 3.8) is 0 Å². The highest BCUT2D eigenvalue weighted by molar-refractivity contribution is 7.91. The first-order valence-corrected chi connectivity index (χ1v) is 9.44. The van der Waals surface area contributed by atoms with E-state index >= 15 is 0 Å². The van der Waals surface area contributed by atoms with Crippen LogP contribution in [0.1, 0.15) is 19.3 Å². The van der Waals surface area contributed by atoms with Crippen molar-refractivity contribution in [1.29, 1.82) is 0 Å². The molecular weight excluding hydrogens is 314 g/mol. The maximum atomic E-state index is 12.3. The molecule has 23 heavy (non-hydrogen) atoms. The quantitative estimate of drug-likeness (QED) is 0.608. The van der Waals surface area contributed by atoms with Gasteiger partial charge in [0.05, 0.1) is 22.5 Å². The van der Waals surface area contributed by atoms with E-state index in [4.69, 9.17) is 0 Å². The molecule has 1 aliphatic carbocycles. The van der Waals surface area contributed by atoms with Crippen LogP contribution in [0.5, 0.6) is 0 Å². The Labute approximate surface area is 135 Å². The smallest absolute Gasteiger partial charge is 0.233 e. The first-order valence-electron chi connectivity index (χ1n) is 7.79. The van der Waals surface area contributed by atoms with Gasteiger partial charge in [0, 0.05) is 6.54 Å². The summed E-state index contributed by atoms with van der Waals surface area (Å²) in [6, 6.07) is 8.23. The van der Waals surface area contributed by atoms with Gasteiger partial charge in [-0.25, -0.2) is 8.42 Å². The Hall–Kier alpha value is -1.95. The number of rotatable bonds is 5. The summed E-state index contributed by atoms with van der Waals surface area (Å²) in [5, 5.41) is 0. The fourth-order valence-electron chi connectivity index (χ4n) is 3.25. The zero-order valence-electron chi connectivity index (χ0n) is 12.7. The minimum atomic E-state index is -3.37. The highest BCUT2D eigenvalue weighted by atomic mass is 32.2. The average Bonchev–Trinajstić information content (AvgIpc) is 2.81. The number of amides is 2. The van der Waals surface area contributed by atoms with Crippen LogP contribution in [-0.2, 0) is 19.4 Å². The summed E-state index contributed by atoms with van der Waals surface area (Å²) in [6.07, 6.45) is 5.36. The van der Waals surface area contributed by atoms with Crippen molar-refractivity contribution in [3.8, 4) is 0 Å². The second kappa shape index (κ2) is 6.28. The fourth-order valence-corrected chi connectivity index (χ4v) is 4.56. The van der Waals surface area contributed by atoms with E-state index in [0.29, 0.717) is 12.8 Å². The summed E-state index contributed by atoms with van der Waals surface area (Å²) < 4.78 is 24.4. The first-order chi connectivity index (χ1) is 11.0. The zero-order chi connectivity index (χ0) is 16.4. The van der Waals surface area contributed by atoms with Crippen LogP contribution in [-0.4, -0.2) is 37.4 Å². The molecule has 1 aromatic carbocycles. The molecule has 1 aliphatic heterocycles. The molecule has 0 saturated carbocycles. The molecule has 2 aliphatic rings. The van der Waals surface area contributed by atoms with Crippen LogP contribution < -0.4 is 0 Å². The summed E-state index contributed by atoms with van der Waals surface area (Å²) in [7, 11) is -3.37. The van der Waals surface area contributed by atoms with Gasteiger partial charge < -0.3 is 0 Å². The van der Waals surface area contributed by atoms with Crippen LogP contribution >= 0.6 is 0 Å². The van der Waals surface area contributed by atoms with E-state index in [0.717, 1.165) is 0 Å². The summed E-state index contributed by atoms with van der Waals surface area (Å²) in [4.78, 5) is 26.1. The van der Waals surface area contributed by atoms with Crippen LogP contribution in [0.2, 0.25) is 0 Å². The lowest BCUT2D eigenvalue weighted by molar-refractivity contribution is -0.139. The van der Waals surface area contributed by atoms with E-state index in [9.17, 15) is 18.0 Å². The largest absolute Gasteiger partial charge is 0.282 e. The molecule has 0 spiro atoms. The Bertz CT molecular complexity index is 713. The molecule has 1 saturated heterocycles. The summed E-state index contributed by atoms with van der Waals surface area (Å²) >= 11 is 0. The Balaban J connectivity index is 1.61. The minimum absolute atomic E-state index is 0.0678. The van der Waals surface area contributed by atoms with E-state index in [1.54, 1.807) is 30.3 Å². The lowest BCUT2D eigenvalue weighted by atomic mass is 9.85. The van der Waals surface area contributed by atoms with Crippen LogP contribution in [0.4, 0.5) is 0 Å². The normalized spacial score (nSPS) is 24.1. The van der Waals surface area contributed by atoms with E-state index in [1.165, 1.54) is 4.90 Å². The number of carbonyl (C=O) groups is 2. The third-order valence-electron chi connectivity index (χ3n) is 4.50. The maximum Gasteiger partial charge on any atom is 0.233 e. The molecule has 0 radical (unpaired) electrons. The minimum Gasteiger partial charge on any atom is -0.282 e. The van der Waals surface area contributed by atoms with Gasteiger partial charge in [-0.3, -0.25) is 14.5 Å². The topological polar surface area (TPSA) is 71.5 Å². The highest BCUT2D eigenvalue weighted by Gasteiger charge is 2.46. The number of imide groups is 1. The van der Waals surface area contributed by atoms with Gasteiger partial charge in [0.25, 0.3) is 0 Å². The monoisotopic (exact) mass is 333 g/mol. The van der Waals surface area contributed by atoms with E-state index in [-0.39, 0.29) is 47.3 Å². The Morgan fingerprint density at radius 1 is 0.957 bits per heavy atom. The number of nitrogens with zero attached hydrogens (tertiary/aromatic N) is 1. The lowest BCUT2D eigenvalue weighted by Gasteiger charge is -2.14. The molecule has 5 nitrogen and oxygen atoms in total. The van der Waals surface area contributed by atoms with Crippen molar-refractivity contribution in [2.75, 3.05) is 12.3 Å². The molecule has 0 bridgehead atoms. The number of allylic oxidation sites excluding steroid dienone is 2. The first kappa shape index (κ1) is 15.9. The molecule has 122 valence electrons. The molecule has 1 aromatic rings. The summed E-state index contributed by atoms with van der Waals surface area (Å²) in [5.41, 5.74) is 0.